The number of hydrogen-bond donors (Lipinski definition) is 3. The van der Waals surface area contributed by atoms with Crippen LogP contribution in [-0.2, 0) is 27.3 Å². The Kier molecular flexibility index (Phi) is 9.53. The van der Waals surface area contributed by atoms with Gasteiger partial charge < -0.3 is 25.5 Å². The van der Waals surface area contributed by atoms with Crippen LogP contribution in [0.25, 0.3) is 0 Å². The molecule has 2 aliphatic rings. The second-order valence-corrected chi connectivity index (χ2v) is 11.9. The van der Waals surface area contributed by atoms with Crippen molar-refractivity contribution in [1.29, 1.82) is 0 Å². The molecule has 3 aromatic rings. The maximum atomic E-state index is 14.1. The number of nitrogens with zero attached hydrogens (tertiary/aromatic N) is 2. The number of carboxylic acid groups (broad SMARTS) is 1. The first-order chi connectivity index (χ1) is 21.6. The second-order valence-electron chi connectivity index (χ2n) is 11.5. The van der Waals surface area contributed by atoms with E-state index in [-0.39, 0.29) is 63.4 Å². The highest BCUT2D eigenvalue weighted by atomic mass is 35.5. The number of amides is 4. The number of fused-ring (bicyclic) bond motifs is 1. The number of Topliss-reactive ketones (excluding diaryl/α,β-unsaturated/α-hetero) is 1. The number of benzene rings is 3. The molecule has 0 bridgehead atoms. The normalized spacial score (nSPS) is 17.2. The van der Waals surface area contributed by atoms with E-state index in [1.807, 2.05) is 30.3 Å². The Morgan fingerprint density at radius 2 is 1.56 bits per heavy atom. The predicted octanol–water partition coefficient (Wildman–Crippen LogP) is 4.83. The summed E-state index contributed by atoms with van der Waals surface area (Å²) < 4.78 is 0. The average Bonchev–Trinajstić information content (AvgIpc) is 3.05. The molecule has 4 amide bonds. The number of rotatable bonds is 8. The van der Waals surface area contributed by atoms with Crippen molar-refractivity contribution in [3.8, 4) is 0 Å². The summed E-state index contributed by atoms with van der Waals surface area (Å²) in [6, 6.07) is 20.5. The Hall–Kier alpha value is -4.70. The van der Waals surface area contributed by atoms with Crippen molar-refractivity contribution < 1.29 is 29.1 Å². The van der Waals surface area contributed by atoms with Crippen LogP contribution in [0, 0.1) is 6.92 Å². The molecule has 11 heteroatoms. The Balaban J connectivity index is 1.39. The van der Waals surface area contributed by atoms with E-state index in [2.05, 4.69) is 10.6 Å². The van der Waals surface area contributed by atoms with Crippen LogP contribution >= 0.6 is 11.6 Å². The van der Waals surface area contributed by atoms with E-state index in [4.69, 9.17) is 11.6 Å². The van der Waals surface area contributed by atoms with Gasteiger partial charge in [0, 0.05) is 44.5 Å². The number of piperidine rings is 1. The third kappa shape index (κ3) is 7.01. The highest BCUT2D eigenvalue weighted by Gasteiger charge is 2.46. The Bertz CT molecular complexity index is 1620. The molecular formula is C34H35ClN4O6. The van der Waals surface area contributed by atoms with Gasteiger partial charge in [0.25, 0.3) is 0 Å². The lowest BCUT2D eigenvalue weighted by atomic mass is 9.85. The van der Waals surface area contributed by atoms with E-state index in [0.29, 0.717) is 16.3 Å². The SMILES string of the molecule is Cc1cccc(NC(=O)C2(NC(=O)C3Cc4ccccc4CN3C(=O)CCC(=O)c3ccccc3)CCN(C(=O)O)CC2)c1Cl. The molecule has 45 heavy (non-hydrogen) atoms. The van der Waals surface area contributed by atoms with Crippen LogP contribution in [0.3, 0.4) is 0 Å². The Morgan fingerprint density at radius 1 is 0.889 bits per heavy atom. The van der Waals surface area contributed by atoms with Crippen LogP contribution in [0.5, 0.6) is 0 Å². The smallest absolute Gasteiger partial charge is 0.407 e. The lowest BCUT2D eigenvalue weighted by Crippen LogP contribution is -2.65. The van der Waals surface area contributed by atoms with Gasteiger partial charge in [-0.2, -0.15) is 0 Å². The molecule has 1 unspecified atom stereocenters. The van der Waals surface area contributed by atoms with Crippen molar-refractivity contribution >= 4 is 46.9 Å². The van der Waals surface area contributed by atoms with Gasteiger partial charge in [0.05, 0.1) is 10.7 Å². The zero-order valence-electron chi connectivity index (χ0n) is 24.9. The van der Waals surface area contributed by atoms with E-state index >= 15 is 0 Å². The van der Waals surface area contributed by atoms with Gasteiger partial charge in [-0.25, -0.2) is 4.79 Å². The number of anilines is 1. The molecule has 1 atom stereocenters. The highest BCUT2D eigenvalue weighted by molar-refractivity contribution is 6.34. The van der Waals surface area contributed by atoms with Gasteiger partial charge in [-0.3, -0.25) is 19.2 Å². The largest absolute Gasteiger partial charge is 0.465 e. The maximum Gasteiger partial charge on any atom is 0.407 e. The van der Waals surface area contributed by atoms with Gasteiger partial charge in [-0.15, -0.1) is 0 Å². The summed E-state index contributed by atoms with van der Waals surface area (Å²) in [6.45, 7) is 2.04. The van der Waals surface area contributed by atoms with E-state index < -0.39 is 29.5 Å². The fourth-order valence-electron chi connectivity index (χ4n) is 5.95. The van der Waals surface area contributed by atoms with Crippen molar-refractivity contribution in [3.63, 3.8) is 0 Å². The number of halogens is 1. The summed E-state index contributed by atoms with van der Waals surface area (Å²) >= 11 is 6.45. The molecule has 0 radical (unpaired) electrons. The minimum atomic E-state index is -1.45. The third-order valence-corrected chi connectivity index (χ3v) is 9.16. The number of ketones is 1. The van der Waals surface area contributed by atoms with E-state index in [1.54, 1.807) is 49.4 Å². The van der Waals surface area contributed by atoms with E-state index in [1.165, 1.54) is 9.80 Å². The number of hydrogen-bond acceptors (Lipinski definition) is 5. The summed E-state index contributed by atoms with van der Waals surface area (Å²) in [5.41, 5.74) is 2.01. The van der Waals surface area contributed by atoms with Crippen LogP contribution in [0.4, 0.5) is 10.5 Å². The first kappa shape index (κ1) is 31.7. The number of aryl methyl sites for hydroxylation is 1. The van der Waals surface area contributed by atoms with Crippen LogP contribution in [0.2, 0.25) is 5.02 Å². The van der Waals surface area contributed by atoms with Crippen molar-refractivity contribution in [2.24, 2.45) is 0 Å². The van der Waals surface area contributed by atoms with Gasteiger partial charge in [0.1, 0.15) is 11.6 Å². The summed E-state index contributed by atoms with van der Waals surface area (Å²) in [7, 11) is 0. The maximum absolute atomic E-state index is 14.1. The van der Waals surface area contributed by atoms with Gasteiger partial charge >= 0.3 is 6.09 Å². The van der Waals surface area contributed by atoms with Gasteiger partial charge in [-0.1, -0.05) is 78.3 Å². The molecule has 3 aromatic carbocycles. The number of carbonyl (C=O) groups excluding carboxylic acids is 4. The number of likely N-dealkylation sites (tertiary alicyclic amines) is 1. The molecule has 2 heterocycles. The van der Waals surface area contributed by atoms with Gasteiger partial charge in [-0.05, 0) is 42.5 Å². The molecule has 0 aromatic heterocycles. The topological polar surface area (TPSA) is 136 Å². The predicted molar refractivity (Wildman–Crippen MR) is 169 cm³/mol. The lowest BCUT2D eigenvalue weighted by Gasteiger charge is -2.43. The van der Waals surface area contributed by atoms with Gasteiger partial charge in [0.2, 0.25) is 17.7 Å². The summed E-state index contributed by atoms with van der Waals surface area (Å²) in [5.74, 6) is -1.56. The fourth-order valence-corrected chi connectivity index (χ4v) is 6.12. The molecule has 10 nitrogen and oxygen atoms in total. The molecule has 234 valence electrons. The first-order valence-corrected chi connectivity index (χ1v) is 15.3. The molecule has 1 fully saturated rings. The molecule has 0 saturated carbocycles. The summed E-state index contributed by atoms with van der Waals surface area (Å²) in [6.07, 6.45) is -0.910. The zero-order valence-corrected chi connectivity index (χ0v) is 25.7. The molecule has 0 aliphatic carbocycles. The molecule has 3 N–H and O–H groups in total. The zero-order chi connectivity index (χ0) is 32.1. The fraction of sp³-hybridized carbons (Fsp3) is 0.324. The summed E-state index contributed by atoms with van der Waals surface area (Å²) in [5, 5.41) is 15.7. The second kappa shape index (κ2) is 13.5. The molecule has 1 saturated heterocycles. The molecular weight excluding hydrogens is 596 g/mol. The van der Waals surface area contributed by atoms with E-state index in [9.17, 15) is 29.1 Å². The monoisotopic (exact) mass is 630 g/mol. The Morgan fingerprint density at radius 3 is 2.24 bits per heavy atom. The van der Waals surface area contributed by atoms with Gasteiger partial charge in [0.15, 0.2) is 5.78 Å². The highest BCUT2D eigenvalue weighted by Crippen LogP contribution is 2.31. The van der Waals surface area contributed by atoms with Crippen LogP contribution in [-0.4, -0.2) is 69.2 Å². The Labute approximate surface area is 266 Å². The average molecular weight is 631 g/mol. The van der Waals surface area contributed by atoms with Crippen molar-refractivity contribution in [2.75, 3.05) is 18.4 Å². The van der Waals surface area contributed by atoms with Crippen LogP contribution < -0.4 is 10.6 Å². The third-order valence-electron chi connectivity index (χ3n) is 8.66. The van der Waals surface area contributed by atoms with Crippen molar-refractivity contribution in [2.45, 2.75) is 57.2 Å². The minimum absolute atomic E-state index is 0.00997. The molecule has 2 aliphatic heterocycles. The van der Waals surface area contributed by atoms with Crippen molar-refractivity contribution in [1.82, 2.24) is 15.1 Å². The van der Waals surface area contributed by atoms with E-state index in [0.717, 1.165) is 16.7 Å². The molecule has 5 rings (SSSR count). The minimum Gasteiger partial charge on any atom is -0.465 e. The quantitative estimate of drug-likeness (QED) is 0.305. The first-order valence-electron chi connectivity index (χ1n) is 14.9. The number of carbonyl (C=O) groups is 5. The lowest BCUT2D eigenvalue weighted by molar-refractivity contribution is -0.144. The van der Waals surface area contributed by atoms with Crippen molar-refractivity contribution in [3.05, 3.63) is 100 Å². The van der Waals surface area contributed by atoms with Crippen LogP contribution in [0.15, 0.2) is 72.8 Å². The standard InChI is InChI=1S/C34H35ClN4O6/c1-22-8-7-13-26(30(22)35)36-32(43)34(16-18-38(19-17-34)33(44)45)37-31(42)27-20-24-11-5-6-12-25(24)21-39(27)29(41)15-14-28(40)23-9-3-2-4-10-23/h2-13,27H,14-21H2,1H3,(H,36,43)(H,37,42)(H,44,45). The summed E-state index contributed by atoms with van der Waals surface area (Å²) in [4.78, 5) is 68.8. The molecule has 0 spiro atoms. The number of nitrogens with one attached hydrogen (secondary N) is 2. The van der Waals surface area contributed by atoms with Crippen LogP contribution in [0.1, 0.15) is 52.7 Å².